The average molecular weight is 451 g/mol. The predicted octanol–water partition coefficient (Wildman–Crippen LogP) is 2.61. The Balaban J connectivity index is 1.59. The summed E-state index contributed by atoms with van der Waals surface area (Å²) in [4.78, 5) is 42.8. The van der Waals surface area contributed by atoms with Gasteiger partial charge in [0.2, 0.25) is 0 Å². The molecule has 33 heavy (non-hydrogen) atoms. The molecule has 1 fully saturated rings. The Hall–Kier alpha value is -3.73. The van der Waals surface area contributed by atoms with Crippen LogP contribution >= 0.6 is 0 Å². The van der Waals surface area contributed by atoms with Crippen LogP contribution < -0.4 is 10.6 Å². The third-order valence-corrected chi connectivity index (χ3v) is 5.13. The van der Waals surface area contributed by atoms with Crippen LogP contribution in [-0.4, -0.2) is 52.1 Å². The van der Waals surface area contributed by atoms with Crippen molar-refractivity contribution in [2.75, 3.05) is 10.6 Å². The summed E-state index contributed by atoms with van der Waals surface area (Å²) in [5.41, 5.74) is 0.839. The Morgan fingerprint density at radius 3 is 2.58 bits per heavy atom. The first-order valence-electron chi connectivity index (χ1n) is 10.7. The van der Waals surface area contributed by atoms with Crippen molar-refractivity contribution in [2.45, 2.75) is 51.0 Å². The van der Waals surface area contributed by atoms with Gasteiger partial charge in [0.1, 0.15) is 6.33 Å². The number of Topliss-reactive ketones (excluding diaryl/α,β-unsaturated/α-hetero) is 1. The van der Waals surface area contributed by atoms with Crippen LogP contribution in [-0.2, 0) is 7.05 Å². The van der Waals surface area contributed by atoms with Gasteiger partial charge in [-0.05, 0) is 33.1 Å². The summed E-state index contributed by atoms with van der Waals surface area (Å²) >= 11 is 0. The number of hydrogen-bond acceptors (Lipinski definition) is 9. The fraction of sp³-hybridized carbons (Fsp3) is 0.409. The minimum absolute atomic E-state index is 0.0984. The van der Waals surface area contributed by atoms with E-state index in [1.54, 1.807) is 45.7 Å². The van der Waals surface area contributed by atoms with Crippen LogP contribution in [0.2, 0.25) is 0 Å². The van der Waals surface area contributed by atoms with Gasteiger partial charge in [-0.1, -0.05) is 0 Å². The number of carbonyl (C=O) groups excluding carboxylic acids is 2. The van der Waals surface area contributed by atoms with Crippen molar-refractivity contribution in [3.8, 4) is 0 Å². The number of nitrogens with zero attached hydrogens (tertiary/aromatic N) is 6. The lowest BCUT2D eigenvalue weighted by Crippen LogP contribution is -2.21. The van der Waals surface area contributed by atoms with Crippen molar-refractivity contribution in [3.63, 3.8) is 0 Å². The molecule has 11 heteroatoms. The predicted molar refractivity (Wildman–Crippen MR) is 120 cm³/mol. The van der Waals surface area contributed by atoms with Crippen LogP contribution in [0, 0.1) is 0 Å². The molecule has 0 unspecified atom stereocenters. The summed E-state index contributed by atoms with van der Waals surface area (Å²) in [6.45, 7) is 3.28. The first-order valence-corrected chi connectivity index (χ1v) is 10.7. The normalized spacial score (nSPS) is 13.6. The minimum Gasteiger partial charge on any atom is -0.390 e. The number of aromatic nitrogens is 6. The SMILES string of the molecule is Cn1cc(NC(=O)c2nc(C3CC3)cnc2Nc2cncnc2)c(C(=O)CCC(C)(C)O)n1. The molecule has 0 radical (unpaired) electrons. The van der Waals surface area contributed by atoms with Crippen LogP contribution in [0.4, 0.5) is 17.2 Å². The van der Waals surface area contributed by atoms with Crippen molar-refractivity contribution < 1.29 is 14.7 Å². The van der Waals surface area contributed by atoms with Gasteiger partial charge in [-0.2, -0.15) is 5.10 Å². The van der Waals surface area contributed by atoms with Crippen molar-refractivity contribution in [1.82, 2.24) is 29.7 Å². The molecule has 0 atom stereocenters. The second kappa shape index (κ2) is 9.02. The average Bonchev–Trinajstić information content (AvgIpc) is 3.55. The molecule has 1 aliphatic rings. The standard InChI is InChI=1S/C22H26N8O3/c1-22(2,33)7-6-17(31)18-16(11-30(3)29-18)28-21(32)19-20(26-14-8-23-12-24-9-14)25-10-15(27-19)13-4-5-13/h8-13,33H,4-7H2,1-3H3,(H,25,26)(H,28,32). The van der Waals surface area contributed by atoms with Crippen molar-refractivity contribution >= 4 is 28.9 Å². The summed E-state index contributed by atoms with van der Waals surface area (Å²) in [6.07, 6.45) is 10.1. The first kappa shape index (κ1) is 22.5. The maximum atomic E-state index is 13.2. The summed E-state index contributed by atoms with van der Waals surface area (Å²) in [6, 6.07) is 0. The lowest BCUT2D eigenvalue weighted by atomic mass is 10.00. The van der Waals surface area contributed by atoms with E-state index in [9.17, 15) is 14.7 Å². The van der Waals surface area contributed by atoms with Gasteiger partial charge < -0.3 is 15.7 Å². The van der Waals surface area contributed by atoms with Crippen LogP contribution in [0.1, 0.15) is 72.1 Å². The van der Waals surface area contributed by atoms with Gasteiger partial charge in [0.25, 0.3) is 5.91 Å². The van der Waals surface area contributed by atoms with Gasteiger partial charge in [0, 0.05) is 25.6 Å². The third kappa shape index (κ3) is 5.75. The van der Waals surface area contributed by atoms with E-state index in [0.29, 0.717) is 11.6 Å². The molecule has 3 heterocycles. The maximum Gasteiger partial charge on any atom is 0.278 e. The molecule has 1 aliphatic carbocycles. The Morgan fingerprint density at radius 2 is 1.91 bits per heavy atom. The third-order valence-electron chi connectivity index (χ3n) is 5.13. The molecule has 3 aromatic rings. The number of ketones is 1. The fourth-order valence-electron chi connectivity index (χ4n) is 3.23. The highest BCUT2D eigenvalue weighted by Gasteiger charge is 2.28. The molecule has 0 bridgehead atoms. The molecule has 0 spiro atoms. The molecule has 1 amide bonds. The zero-order valence-corrected chi connectivity index (χ0v) is 18.7. The molecule has 3 N–H and O–H groups in total. The largest absolute Gasteiger partial charge is 0.390 e. The van der Waals surface area contributed by atoms with Crippen LogP contribution in [0.25, 0.3) is 0 Å². The zero-order chi connectivity index (χ0) is 23.6. The minimum atomic E-state index is -0.978. The van der Waals surface area contributed by atoms with E-state index < -0.39 is 11.5 Å². The number of rotatable bonds is 9. The lowest BCUT2D eigenvalue weighted by Gasteiger charge is -2.15. The molecule has 1 saturated carbocycles. The van der Waals surface area contributed by atoms with E-state index in [-0.39, 0.29) is 41.5 Å². The molecule has 11 nitrogen and oxygen atoms in total. The van der Waals surface area contributed by atoms with E-state index in [4.69, 9.17) is 0 Å². The second-order valence-corrected chi connectivity index (χ2v) is 8.77. The highest BCUT2D eigenvalue weighted by atomic mass is 16.3. The number of carbonyl (C=O) groups is 2. The van der Waals surface area contributed by atoms with Crippen LogP contribution in [0.15, 0.2) is 31.1 Å². The van der Waals surface area contributed by atoms with Crippen LogP contribution in [0.3, 0.4) is 0 Å². The smallest absolute Gasteiger partial charge is 0.278 e. The van der Waals surface area contributed by atoms with Crippen molar-refractivity contribution in [2.24, 2.45) is 7.05 Å². The monoisotopic (exact) mass is 450 g/mol. The number of aryl methyl sites for hydroxylation is 1. The van der Waals surface area contributed by atoms with Crippen molar-refractivity contribution in [3.05, 3.63) is 48.2 Å². The quantitative estimate of drug-likeness (QED) is 0.418. The van der Waals surface area contributed by atoms with Gasteiger partial charge in [0.05, 0.1) is 41.3 Å². The molecule has 0 saturated heterocycles. The zero-order valence-electron chi connectivity index (χ0n) is 18.7. The van der Waals surface area contributed by atoms with E-state index >= 15 is 0 Å². The number of nitrogens with one attached hydrogen (secondary N) is 2. The Morgan fingerprint density at radius 1 is 1.18 bits per heavy atom. The van der Waals surface area contributed by atoms with E-state index in [0.717, 1.165) is 18.5 Å². The molecule has 3 aromatic heterocycles. The number of amides is 1. The molecular weight excluding hydrogens is 424 g/mol. The first-order chi connectivity index (χ1) is 15.7. The summed E-state index contributed by atoms with van der Waals surface area (Å²) in [5.74, 6) is -0.236. The molecule has 0 aliphatic heterocycles. The van der Waals surface area contributed by atoms with Gasteiger partial charge in [-0.15, -0.1) is 0 Å². The van der Waals surface area contributed by atoms with E-state index in [2.05, 4.69) is 35.7 Å². The fourth-order valence-corrected chi connectivity index (χ4v) is 3.23. The number of aliphatic hydroxyl groups is 1. The van der Waals surface area contributed by atoms with Crippen LogP contribution in [0.5, 0.6) is 0 Å². The summed E-state index contributed by atoms with van der Waals surface area (Å²) in [5, 5.41) is 19.9. The topological polar surface area (TPSA) is 148 Å². The van der Waals surface area contributed by atoms with Gasteiger partial charge >= 0.3 is 0 Å². The summed E-state index contributed by atoms with van der Waals surface area (Å²) in [7, 11) is 1.67. The highest BCUT2D eigenvalue weighted by Crippen LogP contribution is 2.39. The van der Waals surface area contributed by atoms with Gasteiger partial charge in [0.15, 0.2) is 23.0 Å². The van der Waals surface area contributed by atoms with E-state index in [1.165, 1.54) is 11.0 Å². The Kier molecular flexibility index (Phi) is 6.14. The summed E-state index contributed by atoms with van der Waals surface area (Å²) < 4.78 is 1.46. The molecule has 4 rings (SSSR count). The maximum absolute atomic E-state index is 13.2. The van der Waals surface area contributed by atoms with Gasteiger partial charge in [-0.25, -0.2) is 19.9 Å². The number of hydrogen-bond donors (Lipinski definition) is 3. The molecular formula is C22H26N8O3. The molecule has 172 valence electrons. The van der Waals surface area contributed by atoms with E-state index in [1.807, 2.05) is 0 Å². The Bertz CT molecular complexity index is 1170. The molecule has 0 aromatic carbocycles. The highest BCUT2D eigenvalue weighted by molar-refractivity contribution is 6.10. The number of anilines is 3. The second-order valence-electron chi connectivity index (χ2n) is 8.77. The van der Waals surface area contributed by atoms with Gasteiger partial charge in [-0.3, -0.25) is 14.3 Å². The van der Waals surface area contributed by atoms with Crippen molar-refractivity contribution in [1.29, 1.82) is 0 Å². The Labute approximate surface area is 190 Å². The lowest BCUT2D eigenvalue weighted by molar-refractivity contribution is 0.0631.